The molecule has 0 N–H and O–H groups in total. The van der Waals surface area contributed by atoms with Crippen molar-refractivity contribution in [3.63, 3.8) is 0 Å². The summed E-state index contributed by atoms with van der Waals surface area (Å²) in [6.45, 7) is 0.481. The molecular formula is C8H13FO5S. The van der Waals surface area contributed by atoms with E-state index >= 15 is 0 Å². The fourth-order valence-corrected chi connectivity index (χ4v) is 2.78. The van der Waals surface area contributed by atoms with Crippen LogP contribution in [0.25, 0.3) is 0 Å². The van der Waals surface area contributed by atoms with Gasteiger partial charge in [0, 0.05) is 13.2 Å². The second-order valence-corrected chi connectivity index (χ2v) is 4.93. The van der Waals surface area contributed by atoms with Crippen molar-refractivity contribution < 1.29 is 26.6 Å². The molecule has 0 aromatic rings. The maximum atomic E-state index is 12.6. The zero-order valence-electron chi connectivity index (χ0n) is 8.36. The summed E-state index contributed by atoms with van der Waals surface area (Å²) in [4.78, 5) is 11.5. The molecule has 88 valence electrons. The minimum absolute atomic E-state index is 0.169. The topological polar surface area (TPSA) is 69.7 Å². The third-order valence-electron chi connectivity index (χ3n) is 2.52. The summed E-state index contributed by atoms with van der Waals surface area (Å²) in [5.41, 5.74) is -1.28. The van der Waals surface area contributed by atoms with E-state index in [9.17, 15) is 17.1 Å². The van der Waals surface area contributed by atoms with E-state index in [1.54, 1.807) is 0 Å². The van der Waals surface area contributed by atoms with Crippen LogP contribution in [0.15, 0.2) is 0 Å². The van der Waals surface area contributed by atoms with Gasteiger partial charge in [-0.2, -0.15) is 8.42 Å². The third-order valence-corrected chi connectivity index (χ3v) is 3.41. The van der Waals surface area contributed by atoms with E-state index in [4.69, 9.17) is 4.74 Å². The largest absolute Gasteiger partial charge is 0.469 e. The van der Waals surface area contributed by atoms with Crippen LogP contribution in [0.5, 0.6) is 0 Å². The lowest BCUT2D eigenvalue weighted by Crippen LogP contribution is -2.42. The maximum absolute atomic E-state index is 12.6. The van der Waals surface area contributed by atoms with Crippen LogP contribution in [0.1, 0.15) is 12.8 Å². The van der Waals surface area contributed by atoms with Crippen LogP contribution in [0, 0.1) is 5.41 Å². The second kappa shape index (κ2) is 4.44. The van der Waals surface area contributed by atoms with Crippen molar-refractivity contribution in [1.29, 1.82) is 0 Å². The van der Waals surface area contributed by atoms with Gasteiger partial charge in [0.05, 0.1) is 18.3 Å². The molecule has 0 amide bonds. The quantitative estimate of drug-likeness (QED) is 0.522. The van der Waals surface area contributed by atoms with Crippen LogP contribution in [0.2, 0.25) is 0 Å². The summed E-state index contributed by atoms with van der Waals surface area (Å²) in [7, 11) is -3.54. The van der Waals surface area contributed by atoms with Gasteiger partial charge in [-0.05, 0) is 12.8 Å². The Balaban J connectivity index is 2.90. The Labute approximate surface area is 87.8 Å². The number of ether oxygens (including phenoxy) is 2. The van der Waals surface area contributed by atoms with Gasteiger partial charge in [-0.25, -0.2) is 0 Å². The Hall–Kier alpha value is -0.690. The van der Waals surface area contributed by atoms with Crippen LogP contribution in [-0.2, 0) is 24.5 Å². The second-order valence-electron chi connectivity index (χ2n) is 3.57. The van der Waals surface area contributed by atoms with Crippen molar-refractivity contribution in [1.82, 2.24) is 0 Å². The number of hydrogen-bond donors (Lipinski definition) is 0. The van der Waals surface area contributed by atoms with Gasteiger partial charge in [-0.15, -0.1) is 3.89 Å². The zero-order valence-corrected chi connectivity index (χ0v) is 9.18. The number of methoxy groups -OCH3 is 1. The Morgan fingerprint density at radius 3 is 2.40 bits per heavy atom. The minimum Gasteiger partial charge on any atom is -0.469 e. The van der Waals surface area contributed by atoms with Gasteiger partial charge in [-0.1, -0.05) is 0 Å². The molecule has 1 aliphatic rings. The highest BCUT2D eigenvalue weighted by Crippen LogP contribution is 2.33. The molecule has 1 rings (SSSR count). The van der Waals surface area contributed by atoms with E-state index in [0.29, 0.717) is 0 Å². The third kappa shape index (κ3) is 3.13. The zero-order chi connectivity index (χ0) is 11.5. The summed E-state index contributed by atoms with van der Waals surface area (Å²) >= 11 is 0. The van der Waals surface area contributed by atoms with Gasteiger partial charge in [0.1, 0.15) is 0 Å². The molecule has 7 heteroatoms. The molecule has 5 nitrogen and oxygen atoms in total. The Morgan fingerprint density at radius 2 is 2.00 bits per heavy atom. The molecule has 1 heterocycles. The first kappa shape index (κ1) is 12.4. The van der Waals surface area contributed by atoms with Crippen molar-refractivity contribution >= 4 is 16.2 Å². The molecule has 0 aromatic carbocycles. The van der Waals surface area contributed by atoms with Crippen LogP contribution < -0.4 is 0 Å². The predicted octanol–water partition coefficient (Wildman–Crippen LogP) is 0.255. The standard InChI is InChI=1S/C8H13FO5S/c1-13-7(10)8(6-15(9,11)12)2-4-14-5-3-8/h2-6H2,1H3. The molecule has 0 unspecified atom stereocenters. The van der Waals surface area contributed by atoms with E-state index in [-0.39, 0.29) is 26.1 Å². The van der Waals surface area contributed by atoms with Crippen molar-refractivity contribution in [3.05, 3.63) is 0 Å². The molecule has 0 aliphatic carbocycles. The summed E-state index contributed by atoms with van der Waals surface area (Å²) in [5.74, 6) is -1.51. The average molecular weight is 240 g/mol. The van der Waals surface area contributed by atoms with Gasteiger partial charge < -0.3 is 9.47 Å². The Morgan fingerprint density at radius 1 is 1.47 bits per heavy atom. The molecule has 1 aliphatic heterocycles. The lowest BCUT2D eigenvalue weighted by Gasteiger charge is -2.32. The molecule has 0 radical (unpaired) electrons. The Bertz CT molecular complexity index is 331. The highest BCUT2D eigenvalue weighted by atomic mass is 32.3. The first-order valence-electron chi connectivity index (χ1n) is 4.48. The number of rotatable bonds is 3. The first-order chi connectivity index (χ1) is 6.90. The van der Waals surface area contributed by atoms with Crippen LogP contribution in [-0.4, -0.2) is 40.5 Å². The van der Waals surface area contributed by atoms with Crippen LogP contribution in [0.4, 0.5) is 3.89 Å². The number of halogens is 1. The lowest BCUT2D eigenvalue weighted by molar-refractivity contribution is -0.156. The lowest BCUT2D eigenvalue weighted by atomic mass is 9.82. The Kier molecular flexibility index (Phi) is 3.67. The smallest absolute Gasteiger partial charge is 0.313 e. The highest BCUT2D eigenvalue weighted by Gasteiger charge is 2.45. The van der Waals surface area contributed by atoms with Gasteiger partial charge in [-0.3, -0.25) is 4.79 Å². The number of esters is 1. The number of carbonyl (C=O) groups is 1. The van der Waals surface area contributed by atoms with Crippen LogP contribution in [0.3, 0.4) is 0 Å². The fourth-order valence-electron chi connectivity index (χ4n) is 1.72. The molecule has 0 spiro atoms. The monoisotopic (exact) mass is 240 g/mol. The summed E-state index contributed by atoms with van der Waals surface area (Å²) in [6, 6.07) is 0. The summed E-state index contributed by atoms with van der Waals surface area (Å²) < 4.78 is 43.4. The molecule has 1 fully saturated rings. The molecule has 1 saturated heterocycles. The molecule has 0 aromatic heterocycles. The molecule has 0 atom stereocenters. The molecule has 15 heavy (non-hydrogen) atoms. The normalized spacial score (nSPS) is 20.9. The number of carbonyl (C=O) groups excluding carboxylic acids is 1. The van der Waals surface area contributed by atoms with Gasteiger partial charge >= 0.3 is 16.2 Å². The van der Waals surface area contributed by atoms with Crippen molar-refractivity contribution in [3.8, 4) is 0 Å². The molecular weight excluding hydrogens is 227 g/mol. The SMILES string of the molecule is COC(=O)C1(CS(=O)(=O)F)CCOCC1. The van der Waals surface area contributed by atoms with Crippen LogP contribution >= 0.6 is 0 Å². The maximum Gasteiger partial charge on any atom is 0.313 e. The minimum atomic E-state index is -4.69. The number of hydrogen-bond acceptors (Lipinski definition) is 5. The summed E-state index contributed by atoms with van der Waals surface area (Å²) in [5, 5.41) is 0. The van der Waals surface area contributed by atoms with E-state index in [1.165, 1.54) is 0 Å². The van der Waals surface area contributed by atoms with Gasteiger partial charge in [0.25, 0.3) is 0 Å². The fraction of sp³-hybridized carbons (Fsp3) is 0.875. The van der Waals surface area contributed by atoms with Crippen molar-refractivity contribution in [2.24, 2.45) is 5.41 Å². The van der Waals surface area contributed by atoms with Gasteiger partial charge in [0.15, 0.2) is 0 Å². The first-order valence-corrected chi connectivity index (χ1v) is 6.03. The molecule has 0 saturated carbocycles. The van der Waals surface area contributed by atoms with E-state index < -0.39 is 27.4 Å². The van der Waals surface area contributed by atoms with E-state index in [0.717, 1.165) is 7.11 Å². The van der Waals surface area contributed by atoms with Gasteiger partial charge in [0.2, 0.25) is 0 Å². The summed E-state index contributed by atoms with van der Waals surface area (Å²) in [6.07, 6.45) is 0.339. The van der Waals surface area contributed by atoms with E-state index in [1.807, 2.05) is 0 Å². The van der Waals surface area contributed by atoms with Crippen molar-refractivity contribution in [2.75, 3.05) is 26.1 Å². The predicted molar refractivity (Wildman–Crippen MR) is 49.4 cm³/mol. The van der Waals surface area contributed by atoms with E-state index in [2.05, 4.69) is 4.74 Å². The molecule has 0 bridgehead atoms. The van der Waals surface area contributed by atoms with Crippen molar-refractivity contribution in [2.45, 2.75) is 12.8 Å². The highest BCUT2D eigenvalue weighted by molar-refractivity contribution is 7.86. The average Bonchev–Trinajstić information content (AvgIpc) is 2.15.